The summed E-state index contributed by atoms with van der Waals surface area (Å²) in [6, 6.07) is 0.0398. The van der Waals surface area contributed by atoms with E-state index in [0.29, 0.717) is 0 Å². The van der Waals surface area contributed by atoms with E-state index in [1.807, 2.05) is 4.90 Å². The molecule has 1 amide bonds. The maximum absolute atomic E-state index is 12.3. The number of hydrogen-bond donors (Lipinski definition) is 1. The molecule has 1 atom stereocenters. The molecule has 0 radical (unpaired) electrons. The van der Waals surface area contributed by atoms with Gasteiger partial charge in [-0.3, -0.25) is 4.79 Å². The quantitative estimate of drug-likeness (QED) is 0.665. The van der Waals surface area contributed by atoms with Crippen molar-refractivity contribution in [3.05, 3.63) is 0 Å². The summed E-state index contributed by atoms with van der Waals surface area (Å²) >= 11 is 0. The normalized spacial score (nSPS) is 20.3. The Kier molecular flexibility index (Phi) is 8.02. The lowest BCUT2D eigenvalue weighted by Gasteiger charge is -2.33. The fraction of sp³-hybridized carbons (Fsp3) is 0.929. The summed E-state index contributed by atoms with van der Waals surface area (Å²) in [5.41, 5.74) is 0. The number of amides is 1. The average Bonchev–Trinajstić information content (AvgIpc) is 2.42. The van der Waals surface area contributed by atoms with Crippen LogP contribution in [0.25, 0.3) is 0 Å². The number of hydrogen-bond acceptors (Lipinski definition) is 4. The Balaban J connectivity index is 2.30. The molecule has 0 aromatic rings. The van der Waals surface area contributed by atoms with E-state index in [9.17, 15) is 4.79 Å². The van der Waals surface area contributed by atoms with Crippen LogP contribution < -0.4 is 5.32 Å². The standard InChI is InChI=1S/C14H29N3O2/c1-4-7-15-13-6-5-8-17(14(13)18)10-9-16(2)11-12-19-3/h13,15H,4-12H2,1-3H3. The van der Waals surface area contributed by atoms with E-state index in [2.05, 4.69) is 24.2 Å². The van der Waals surface area contributed by atoms with Crippen molar-refractivity contribution in [3.63, 3.8) is 0 Å². The third-order valence-corrected chi connectivity index (χ3v) is 3.60. The number of rotatable bonds is 9. The molecule has 0 saturated carbocycles. The molecular formula is C14H29N3O2. The Morgan fingerprint density at radius 3 is 2.95 bits per heavy atom. The molecule has 1 N–H and O–H groups in total. The monoisotopic (exact) mass is 271 g/mol. The highest BCUT2D eigenvalue weighted by Crippen LogP contribution is 2.11. The highest BCUT2D eigenvalue weighted by Gasteiger charge is 2.27. The highest BCUT2D eigenvalue weighted by molar-refractivity contribution is 5.82. The highest BCUT2D eigenvalue weighted by atomic mass is 16.5. The van der Waals surface area contributed by atoms with Crippen LogP contribution >= 0.6 is 0 Å². The number of methoxy groups -OCH3 is 1. The zero-order valence-corrected chi connectivity index (χ0v) is 12.7. The predicted octanol–water partition coefficient (Wildman–Crippen LogP) is 0.555. The molecule has 1 rings (SSSR count). The van der Waals surface area contributed by atoms with Crippen LogP contribution in [0.1, 0.15) is 26.2 Å². The van der Waals surface area contributed by atoms with Gasteiger partial charge in [0.05, 0.1) is 12.6 Å². The maximum atomic E-state index is 12.3. The van der Waals surface area contributed by atoms with Crippen LogP contribution in [0.4, 0.5) is 0 Å². The Bertz CT molecular complexity index is 261. The van der Waals surface area contributed by atoms with Crippen molar-refractivity contribution in [1.82, 2.24) is 15.1 Å². The van der Waals surface area contributed by atoms with Crippen molar-refractivity contribution < 1.29 is 9.53 Å². The van der Waals surface area contributed by atoms with E-state index >= 15 is 0 Å². The first-order chi connectivity index (χ1) is 9.19. The summed E-state index contributed by atoms with van der Waals surface area (Å²) in [6.45, 7) is 7.35. The van der Waals surface area contributed by atoms with Gasteiger partial charge in [-0.2, -0.15) is 0 Å². The number of carbonyl (C=O) groups excluding carboxylic acids is 1. The van der Waals surface area contributed by atoms with Gasteiger partial charge in [0.15, 0.2) is 0 Å². The second kappa shape index (κ2) is 9.28. The zero-order chi connectivity index (χ0) is 14.1. The smallest absolute Gasteiger partial charge is 0.239 e. The predicted molar refractivity (Wildman–Crippen MR) is 77.3 cm³/mol. The molecule has 5 heteroatoms. The second-order valence-corrected chi connectivity index (χ2v) is 5.27. The van der Waals surface area contributed by atoms with Crippen LogP contribution in [-0.2, 0) is 9.53 Å². The first kappa shape index (κ1) is 16.4. The summed E-state index contributed by atoms with van der Waals surface area (Å²) in [5, 5.41) is 3.35. The van der Waals surface area contributed by atoms with Gasteiger partial charge in [-0.1, -0.05) is 6.92 Å². The Labute approximate surface area is 117 Å². The Hall–Kier alpha value is -0.650. The molecule has 0 aromatic heterocycles. The number of ether oxygens (including phenoxy) is 1. The maximum Gasteiger partial charge on any atom is 0.239 e. The number of likely N-dealkylation sites (tertiary alicyclic amines) is 1. The largest absolute Gasteiger partial charge is 0.383 e. The van der Waals surface area contributed by atoms with Gasteiger partial charge in [0.2, 0.25) is 5.91 Å². The molecule has 0 aliphatic carbocycles. The van der Waals surface area contributed by atoms with Crippen molar-refractivity contribution in [2.75, 3.05) is 53.5 Å². The van der Waals surface area contributed by atoms with Gasteiger partial charge in [0.1, 0.15) is 0 Å². The molecule has 1 fully saturated rings. The summed E-state index contributed by atoms with van der Waals surface area (Å²) in [6.07, 6.45) is 3.16. The number of nitrogens with one attached hydrogen (secondary N) is 1. The van der Waals surface area contributed by atoms with Crippen molar-refractivity contribution in [1.29, 1.82) is 0 Å². The fourth-order valence-corrected chi connectivity index (χ4v) is 2.32. The van der Waals surface area contributed by atoms with Gasteiger partial charge in [-0.15, -0.1) is 0 Å². The molecule has 1 saturated heterocycles. The molecule has 0 aromatic carbocycles. The minimum absolute atomic E-state index is 0.0398. The van der Waals surface area contributed by atoms with E-state index in [1.54, 1.807) is 7.11 Å². The molecule has 1 aliphatic heterocycles. The molecule has 112 valence electrons. The Morgan fingerprint density at radius 1 is 1.47 bits per heavy atom. The molecule has 0 spiro atoms. The lowest BCUT2D eigenvalue weighted by molar-refractivity contribution is -0.136. The molecule has 1 unspecified atom stereocenters. The molecule has 5 nitrogen and oxygen atoms in total. The number of nitrogens with zero attached hydrogens (tertiary/aromatic N) is 2. The van der Waals surface area contributed by atoms with Crippen molar-refractivity contribution in [2.45, 2.75) is 32.2 Å². The topological polar surface area (TPSA) is 44.8 Å². The fourth-order valence-electron chi connectivity index (χ4n) is 2.32. The molecule has 19 heavy (non-hydrogen) atoms. The van der Waals surface area contributed by atoms with E-state index < -0.39 is 0 Å². The molecule has 0 bridgehead atoms. The number of piperidine rings is 1. The molecule has 1 heterocycles. The average molecular weight is 271 g/mol. The minimum Gasteiger partial charge on any atom is -0.383 e. The van der Waals surface area contributed by atoms with Gasteiger partial charge in [0.25, 0.3) is 0 Å². The van der Waals surface area contributed by atoms with E-state index in [0.717, 1.165) is 58.6 Å². The van der Waals surface area contributed by atoms with Crippen LogP contribution in [-0.4, -0.2) is 75.2 Å². The van der Waals surface area contributed by atoms with Gasteiger partial charge < -0.3 is 19.9 Å². The summed E-state index contributed by atoms with van der Waals surface area (Å²) in [7, 11) is 3.78. The van der Waals surface area contributed by atoms with Gasteiger partial charge in [-0.25, -0.2) is 0 Å². The Morgan fingerprint density at radius 2 is 2.26 bits per heavy atom. The van der Waals surface area contributed by atoms with Crippen LogP contribution in [0, 0.1) is 0 Å². The summed E-state index contributed by atoms with van der Waals surface area (Å²) < 4.78 is 5.05. The van der Waals surface area contributed by atoms with E-state index in [-0.39, 0.29) is 11.9 Å². The van der Waals surface area contributed by atoms with Crippen molar-refractivity contribution >= 4 is 5.91 Å². The SMILES string of the molecule is CCCNC1CCCN(CCN(C)CCOC)C1=O. The summed E-state index contributed by atoms with van der Waals surface area (Å²) in [5.74, 6) is 0.278. The molecular weight excluding hydrogens is 242 g/mol. The molecule has 1 aliphatic rings. The van der Waals surface area contributed by atoms with E-state index in [4.69, 9.17) is 4.74 Å². The van der Waals surface area contributed by atoms with Crippen LogP contribution in [0.5, 0.6) is 0 Å². The lowest BCUT2D eigenvalue weighted by Crippen LogP contribution is -2.52. The van der Waals surface area contributed by atoms with Gasteiger partial charge >= 0.3 is 0 Å². The second-order valence-electron chi connectivity index (χ2n) is 5.27. The van der Waals surface area contributed by atoms with Crippen molar-refractivity contribution in [3.8, 4) is 0 Å². The summed E-state index contributed by atoms with van der Waals surface area (Å²) in [4.78, 5) is 16.5. The van der Waals surface area contributed by atoms with Crippen LogP contribution in [0.15, 0.2) is 0 Å². The number of carbonyl (C=O) groups is 1. The van der Waals surface area contributed by atoms with Crippen molar-refractivity contribution in [2.24, 2.45) is 0 Å². The van der Waals surface area contributed by atoms with E-state index in [1.165, 1.54) is 0 Å². The van der Waals surface area contributed by atoms with Crippen LogP contribution in [0.3, 0.4) is 0 Å². The van der Waals surface area contributed by atoms with Gasteiger partial charge in [-0.05, 0) is 32.9 Å². The first-order valence-corrected chi connectivity index (χ1v) is 7.38. The third kappa shape index (κ3) is 5.89. The lowest BCUT2D eigenvalue weighted by atomic mass is 10.0. The first-order valence-electron chi connectivity index (χ1n) is 7.38. The van der Waals surface area contributed by atoms with Gasteiger partial charge in [0, 0.05) is 33.3 Å². The third-order valence-electron chi connectivity index (χ3n) is 3.60. The van der Waals surface area contributed by atoms with Crippen LogP contribution in [0.2, 0.25) is 0 Å². The minimum atomic E-state index is 0.0398. The number of likely N-dealkylation sites (N-methyl/N-ethyl adjacent to an activating group) is 1. The zero-order valence-electron chi connectivity index (χ0n) is 12.7.